The monoisotopic (exact) mass is 402 g/mol. The summed E-state index contributed by atoms with van der Waals surface area (Å²) < 4.78 is 30.6. The van der Waals surface area contributed by atoms with Crippen LogP contribution in [0.3, 0.4) is 0 Å². The summed E-state index contributed by atoms with van der Waals surface area (Å²) in [5.41, 5.74) is 1.47. The lowest BCUT2D eigenvalue weighted by Gasteiger charge is -2.21. The van der Waals surface area contributed by atoms with Crippen molar-refractivity contribution < 1.29 is 22.7 Å². The minimum absolute atomic E-state index is 0.130. The van der Waals surface area contributed by atoms with Crippen molar-refractivity contribution in [2.24, 2.45) is 0 Å². The van der Waals surface area contributed by atoms with E-state index >= 15 is 0 Å². The SMILES string of the molecule is C[C@@H](OC(=O)c1ccc(N2CCCS2(=O)=O)cc1)C(=O)N(C)c1ccccc1. The van der Waals surface area contributed by atoms with E-state index in [1.54, 1.807) is 31.3 Å². The smallest absolute Gasteiger partial charge is 0.338 e. The molecule has 1 heterocycles. The van der Waals surface area contributed by atoms with Gasteiger partial charge in [0.15, 0.2) is 6.10 Å². The van der Waals surface area contributed by atoms with E-state index in [9.17, 15) is 18.0 Å². The molecule has 1 aliphatic rings. The highest BCUT2D eigenvalue weighted by molar-refractivity contribution is 7.93. The fourth-order valence-corrected chi connectivity index (χ4v) is 4.59. The van der Waals surface area contributed by atoms with Crippen LogP contribution in [0.1, 0.15) is 23.7 Å². The highest BCUT2D eigenvalue weighted by Crippen LogP contribution is 2.24. The zero-order valence-corrected chi connectivity index (χ0v) is 16.6. The molecule has 0 radical (unpaired) electrons. The van der Waals surface area contributed by atoms with Gasteiger partial charge in [-0.15, -0.1) is 0 Å². The summed E-state index contributed by atoms with van der Waals surface area (Å²) in [7, 11) is -1.65. The molecule has 7 nitrogen and oxygen atoms in total. The maximum Gasteiger partial charge on any atom is 0.338 e. The molecule has 0 saturated carbocycles. The minimum Gasteiger partial charge on any atom is -0.449 e. The average molecular weight is 402 g/mol. The average Bonchev–Trinajstić information content (AvgIpc) is 3.06. The lowest BCUT2D eigenvalue weighted by Crippen LogP contribution is -2.37. The maximum atomic E-state index is 12.5. The molecule has 1 aliphatic heterocycles. The quantitative estimate of drug-likeness (QED) is 0.718. The first kappa shape index (κ1) is 19.9. The molecule has 1 fully saturated rings. The molecule has 0 unspecified atom stereocenters. The number of hydrogen-bond acceptors (Lipinski definition) is 5. The van der Waals surface area contributed by atoms with Crippen LogP contribution in [0.5, 0.6) is 0 Å². The molecule has 1 amide bonds. The van der Waals surface area contributed by atoms with Crippen LogP contribution < -0.4 is 9.21 Å². The number of benzene rings is 2. The van der Waals surface area contributed by atoms with Crippen molar-refractivity contribution >= 4 is 33.3 Å². The highest BCUT2D eigenvalue weighted by Gasteiger charge is 2.28. The lowest BCUT2D eigenvalue weighted by molar-refractivity contribution is -0.126. The van der Waals surface area contributed by atoms with Crippen molar-refractivity contribution in [1.29, 1.82) is 0 Å². The number of carbonyl (C=O) groups is 2. The van der Waals surface area contributed by atoms with Crippen molar-refractivity contribution in [3.8, 4) is 0 Å². The van der Waals surface area contributed by atoms with Gasteiger partial charge in [0, 0.05) is 19.3 Å². The summed E-state index contributed by atoms with van der Waals surface area (Å²) >= 11 is 0. The van der Waals surface area contributed by atoms with Gasteiger partial charge in [-0.1, -0.05) is 18.2 Å². The highest BCUT2D eigenvalue weighted by atomic mass is 32.2. The lowest BCUT2D eigenvalue weighted by atomic mass is 10.2. The summed E-state index contributed by atoms with van der Waals surface area (Å²) in [5.74, 6) is -0.858. The predicted molar refractivity (Wildman–Crippen MR) is 107 cm³/mol. The molecule has 8 heteroatoms. The van der Waals surface area contributed by atoms with Gasteiger partial charge < -0.3 is 9.64 Å². The Balaban J connectivity index is 1.65. The Morgan fingerprint density at radius 3 is 2.29 bits per heavy atom. The van der Waals surface area contributed by atoms with E-state index in [0.717, 1.165) is 0 Å². The van der Waals surface area contributed by atoms with Crippen LogP contribution in [-0.2, 0) is 19.6 Å². The van der Waals surface area contributed by atoms with E-state index in [2.05, 4.69) is 0 Å². The number of esters is 1. The molecule has 3 rings (SSSR count). The second kappa shape index (κ2) is 8.02. The predicted octanol–water partition coefficient (Wildman–Crippen LogP) is 2.43. The number of carbonyl (C=O) groups excluding carboxylic acids is 2. The molecule has 2 aromatic rings. The molecule has 1 saturated heterocycles. The number of anilines is 2. The number of likely N-dealkylation sites (N-methyl/N-ethyl adjacent to an activating group) is 1. The number of amides is 1. The molecule has 0 aromatic heterocycles. The Bertz CT molecular complexity index is 958. The van der Waals surface area contributed by atoms with Crippen LogP contribution in [0.2, 0.25) is 0 Å². The van der Waals surface area contributed by atoms with E-state index in [1.165, 1.54) is 28.3 Å². The standard InChI is InChI=1S/C20H22N2O5S/c1-15(19(23)21(2)17-7-4-3-5-8-17)27-20(24)16-9-11-18(12-10-16)22-13-6-14-28(22,25)26/h3-5,7-12,15H,6,13-14H2,1-2H3/t15-/m1/s1. The van der Waals surface area contributed by atoms with Gasteiger partial charge in [-0.25, -0.2) is 13.2 Å². The molecule has 148 valence electrons. The number of nitrogens with zero attached hydrogens (tertiary/aromatic N) is 2. The molecule has 28 heavy (non-hydrogen) atoms. The van der Waals surface area contributed by atoms with Gasteiger partial charge in [0.05, 0.1) is 17.0 Å². The summed E-state index contributed by atoms with van der Waals surface area (Å²) in [6.07, 6.45) is -0.378. The molecular weight excluding hydrogens is 380 g/mol. The zero-order chi connectivity index (χ0) is 20.3. The zero-order valence-electron chi connectivity index (χ0n) is 15.7. The Labute approximate surface area is 164 Å². The normalized spacial score (nSPS) is 16.4. The van der Waals surface area contributed by atoms with Crippen LogP contribution in [-0.4, -0.2) is 45.7 Å². The van der Waals surface area contributed by atoms with Crippen LogP contribution in [0, 0.1) is 0 Å². The van der Waals surface area contributed by atoms with Crippen LogP contribution in [0.15, 0.2) is 54.6 Å². The summed E-state index contributed by atoms with van der Waals surface area (Å²) in [5, 5.41) is 0. The van der Waals surface area contributed by atoms with Crippen LogP contribution >= 0.6 is 0 Å². The minimum atomic E-state index is -3.27. The first-order chi connectivity index (χ1) is 13.3. The fourth-order valence-electron chi connectivity index (χ4n) is 3.02. The third-order valence-corrected chi connectivity index (χ3v) is 6.47. The number of para-hydroxylation sites is 1. The third-order valence-electron chi connectivity index (χ3n) is 4.60. The van der Waals surface area contributed by atoms with Gasteiger partial charge >= 0.3 is 5.97 Å². The number of rotatable bonds is 5. The van der Waals surface area contributed by atoms with Crippen molar-refractivity contribution in [3.05, 3.63) is 60.2 Å². The van der Waals surface area contributed by atoms with Gasteiger partial charge in [-0.05, 0) is 49.7 Å². The molecule has 0 bridgehead atoms. The van der Waals surface area contributed by atoms with Gasteiger partial charge in [-0.2, -0.15) is 0 Å². The molecule has 1 atom stereocenters. The second-order valence-corrected chi connectivity index (χ2v) is 8.58. The van der Waals surface area contributed by atoms with Gasteiger partial charge in [-0.3, -0.25) is 9.10 Å². The Morgan fingerprint density at radius 2 is 1.71 bits per heavy atom. The van der Waals surface area contributed by atoms with Gasteiger partial charge in [0.2, 0.25) is 10.0 Å². The van der Waals surface area contributed by atoms with Crippen molar-refractivity contribution in [3.63, 3.8) is 0 Å². The number of sulfonamides is 1. The second-order valence-electron chi connectivity index (χ2n) is 6.57. The van der Waals surface area contributed by atoms with E-state index in [-0.39, 0.29) is 17.2 Å². The van der Waals surface area contributed by atoms with Crippen molar-refractivity contribution in [2.75, 3.05) is 28.6 Å². The van der Waals surface area contributed by atoms with Gasteiger partial charge in [0.25, 0.3) is 5.91 Å². The van der Waals surface area contributed by atoms with E-state index in [4.69, 9.17) is 4.74 Å². The van der Waals surface area contributed by atoms with E-state index < -0.39 is 22.1 Å². The van der Waals surface area contributed by atoms with Crippen molar-refractivity contribution in [2.45, 2.75) is 19.4 Å². The topological polar surface area (TPSA) is 84.0 Å². The first-order valence-electron chi connectivity index (χ1n) is 8.93. The number of hydrogen-bond donors (Lipinski definition) is 0. The molecular formula is C20H22N2O5S. The molecule has 0 spiro atoms. The summed E-state index contributed by atoms with van der Waals surface area (Å²) in [4.78, 5) is 26.3. The summed E-state index contributed by atoms with van der Waals surface area (Å²) in [6, 6.07) is 15.2. The van der Waals surface area contributed by atoms with Crippen LogP contribution in [0.4, 0.5) is 11.4 Å². The Kier molecular flexibility index (Phi) is 5.69. The maximum absolute atomic E-state index is 12.5. The fraction of sp³-hybridized carbons (Fsp3) is 0.300. The first-order valence-corrected chi connectivity index (χ1v) is 10.5. The van der Waals surface area contributed by atoms with E-state index in [1.807, 2.05) is 18.2 Å². The largest absolute Gasteiger partial charge is 0.449 e. The summed E-state index contributed by atoms with van der Waals surface area (Å²) in [6.45, 7) is 1.95. The number of ether oxygens (including phenoxy) is 1. The molecule has 2 aromatic carbocycles. The Morgan fingerprint density at radius 1 is 1.07 bits per heavy atom. The molecule has 0 N–H and O–H groups in total. The van der Waals surface area contributed by atoms with Gasteiger partial charge in [0.1, 0.15) is 0 Å². The third kappa shape index (κ3) is 4.17. The van der Waals surface area contributed by atoms with Crippen molar-refractivity contribution in [1.82, 2.24) is 0 Å². The molecule has 0 aliphatic carbocycles. The Hall–Kier alpha value is -2.87. The van der Waals surface area contributed by atoms with Crippen LogP contribution in [0.25, 0.3) is 0 Å². The van der Waals surface area contributed by atoms with E-state index in [0.29, 0.717) is 24.3 Å².